The largest absolute Gasteiger partial charge is 0.486 e. The second-order valence-electron chi connectivity index (χ2n) is 7.59. The Bertz CT molecular complexity index is 1070. The van der Waals surface area contributed by atoms with Gasteiger partial charge in [-0.15, -0.1) is 0 Å². The van der Waals surface area contributed by atoms with Gasteiger partial charge in [0.05, 0.1) is 0 Å². The fraction of sp³-hybridized carbons (Fsp3) is 0.409. The van der Waals surface area contributed by atoms with E-state index in [9.17, 15) is 17.6 Å². The highest BCUT2D eigenvalue weighted by Gasteiger charge is 2.29. The summed E-state index contributed by atoms with van der Waals surface area (Å²) in [6, 6.07) is 9.07. The fourth-order valence-corrected chi connectivity index (χ4v) is 5.36. The van der Waals surface area contributed by atoms with Crippen LogP contribution in [0.4, 0.5) is 4.39 Å². The van der Waals surface area contributed by atoms with E-state index in [1.807, 2.05) is 18.2 Å². The number of carbonyl (C=O) groups excluding carboxylic acids is 1. The monoisotopic (exact) mass is 448 g/mol. The summed E-state index contributed by atoms with van der Waals surface area (Å²) in [7, 11) is -3.97. The first-order valence-electron chi connectivity index (χ1n) is 10.4. The van der Waals surface area contributed by atoms with E-state index in [1.54, 1.807) is 0 Å². The van der Waals surface area contributed by atoms with Gasteiger partial charge in [0.1, 0.15) is 23.9 Å². The van der Waals surface area contributed by atoms with Gasteiger partial charge in [-0.2, -0.15) is 4.31 Å². The van der Waals surface area contributed by atoms with Gasteiger partial charge < -0.3 is 14.8 Å². The molecule has 9 heteroatoms. The van der Waals surface area contributed by atoms with Crippen LogP contribution in [0.15, 0.2) is 41.3 Å². The normalized spacial score (nSPS) is 16.7. The topological polar surface area (TPSA) is 84.9 Å². The molecule has 0 atom stereocenters. The zero-order chi connectivity index (χ0) is 21.8. The first kappa shape index (κ1) is 21.6. The highest BCUT2D eigenvalue weighted by Crippen LogP contribution is 2.30. The van der Waals surface area contributed by atoms with Gasteiger partial charge in [-0.3, -0.25) is 4.79 Å². The van der Waals surface area contributed by atoms with E-state index >= 15 is 0 Å². The van der Waals surface area contributed by atoms with Crippen LogP contribution >= 0.6 is 0 Å². The van der Waals surface area contributed by atoms with Crippen molar-refractivity contribution in [3.05, 3.63) is 53.3 Å². The van der Waals surface area contributed by atoms with Gasteiger partial charge in [-0.05, 0) is 55.2 Å². The lowest BCUT2D eigenvalue weighted by Crippen LogP contribution is -2.36. The fourth-order valence-electron chi connectivity index (χ4n) is 3.75. The number of fused-ring (bicyclic) bond motifs is 1. The van der Waals surface area contributed by atoms with E-state index in [0.29, 0.717) is 50.8 Å². The molecule has 0 aliphatic carbocycles. The molecule has 0 aromatic heterocycles. The number of hydrogen-bond acceptors (Lipinski definition) is 5. The molecule has 2 aromatic rings. The average molecular weight is 449 g/mol. The standard InChI is InChI=1S/C22H25FN2O5S/c23-18-6-5-17(15-21(18)31(27,28)25-10-2-1-3-11-25)22(26)24-9-8-16-4-7-19-20(14-16)30-13-12-29-19/h4-7,14-15H,1-3,8-13H2,(H,24,26). The molecule has 1 fully saturated rings. The number of amides is 1. The summed E-state index contributed by atoms with van der Waals surface area (Å²) in [5, 5.41) is 2.76. The Balaban J connectivity index is 1.41. The minimum atomic E-state index is -3.97. The smallest absolute Gasteiger partial charge is 0.251 e. The molecule has 166 valence electrons. The van der Waals surface area contributed by atoms with Crippen molar-refractivity contribution < 1.29 is 27.1 Å². The number of nitrogens with one attached hydrogen (secondary N) is 1. The van der Waals surface area contributed by atoms with Gasteiger partial charge in [0.15, 0.2) is 11.5 Å². The molecule has 2 heterocycles. The molecule has 1 amide bonds. The molecule has 0 unspecified atom stereocenters. The number of hydrogen-bond donors (Lipinski definition) is 1. The van der Waals surface area contributed by atoms with Crippen molar-refractivity contribution in [2.75, 3.05) is 32.8 Å². The third-order valence-corrected chi connectivity index (χ3v) is 7.35. The summed E-state index contributed by atoms with van der Waals surface area (Å²) in [6.45, 7) is 2.10. The zero-order valence-electron chi connectivity index (χ0n) is 17.1. The molecule has 2 aromatic carbocycles. The maximum atomic E-state index is 14.3. The lowest BCUT2D eigenvalue weighted by Gasteiger charge is -2.26. The Morgan fingerprint density at radius 3 is 2.52 bits per heavy atom. The predicted octanol–water partition coefficient (Wildman–Crippen LogP) is 2.74. The first-order chi connectivity index (χ1) is 14.9. The van der Waals surface area contributed by atoms with E-state index in [1.165, 1.54) is 10.4 Å². The maximum absolute atomic E-state index is 14.3. The average Bonchev–Trinajstić information content (AvgIpc) is 2.79. The van der Waals surface area contributed by atoms with E-state index in [2.05, 4.69) is 5.32 Å². The highest BCUT2D eigenvalue weighted by molar-refractivity contribution is 7.89. The van der Waals surface area contributed by atoms with Crippen LogP contribution in [-0.4, -0.2) is 51.5 Å². The third-order valence-electron chi connectivity index (χ3n) is 5.43. The molecule has 1 saturated heterocycles. The second kappa shape index (κ2) is 9.23. The molecule has 2 aliphatic heterocycles. The Morgan fingerprint density at radius 2 is 1.74 bits per heavy atom. The number of nitrogens with zero attached hydrogens (tertiary/aromatic N) is 1. The number of carbonyl (C=O) groups is 1. The number of ether oxygens (including phenoxy) is 2. The quantitative estimate of drug-likeness (QED) is 0.735. The van der Waals surface area contributed by atoms with Crippen LogP contribution in [0.2, 0.25) is 0 Å². The molecule has 0 radical (unpaired) electrons. The van der Waals surface area contributed by atoms with Crippen molar-refractivity contribution in [1.82, 2.24) is 9.62 Å². The SMILES string of the molecule is O=C(NCCc1ccc2c(c1)OCCO2)c1ccc(F)c(S(=O)(=O)N2CCCCC2)c1. The summed E-state index contributed by atoms with van der Waals surface area (Å²) in [5.41, 5.74) is 1.08. The van der Waals surface area contributed by atoms with Crippen LogP contribution in [0.1, 0.15) is 35.2 Å². The van der Waals surface area contributed by atoms with Crippen molar-refractivity contribution in [2.45, 2.75) is 30.6 Å². The lowest BCUT2D eigenvalue weighted by atomic mass is 10.1. The Labute approximate surface area is 181 Å². The van der Waals surface area contributed by atoms with E-state index in [-0.39, 0.29) is 5.56 Å². The summed E-state index contributed by atoms with van der Waals surface area (Å²) in [6.07, 6.45) is 3.02. The third kappa shape index (κ3) is 4.83. The van der Waals surface area contributed by atoms with Crippen LogP contribution in [0.5, 0.6) is 11.5 Å². The Hall–Kier alpha value is -2.65. The summed E-state index contributed by atoms with van der Waals surface area (Å²) < 4.78 is 52.3. The number of benzene rings is 2. The minimum absolute atomic E-state index is 0.110. The molecule has 1 N–H and O–H groups in total. The van der Waals surface area contributed by atoms with Crippen molar-refractivity contribution in [3.8, 4) is 11.5 Å². The van der Waals surface area contributed by atoms with Gasteiger partial charge in [-0.1, -0.05) is 12.5 Å². The van der Waals surface area contributed by atoms with Crippen LogP contribution in [-0.2, 0) is 16.4 Å². The Kier molecular flexibility index (Phi) is 6.43. The molecule has 0 saturated carbocycles. The van der Waals surface area contributed by atoms with E-state index in [0.717, 1.165) is 37.0 Å². The van der Waals surface area contributed by atoms with Crippen LogP contribution < -0.4 is 14.8 Å². The van der Waals surface area contributed by atoms with Gasteiger partial charge in [-0.25, -0.2) is 12.8 Å². The van der Waals surface area contributed by atoms with Gasteiger partial charge in [0.2, 0.25) is 10.0 Å². The Morgan fingerprint density at radius 1 is 1.00 bits per heavy atom. The van der Waals surface area contributed by atoms with Crippen molar-refractivity contribution in [2.24, 2.45) is 0 Å². The number of sulfonamides is 1. The second-order valence-corrected chi connectivity index (χ2v) is 9.50. The summed E-state index contributed by atoms with van der Waals surface area (Å²) in [4.78, 5) is 12.1. The molecule has 0 bridgehead atoms. The van der Waals surface area contributed by atoms with Gasteiger partial charge >= 0.3 is 0 Å². The van der Waals surface area contributed by atoms with Gasteiger partial charge in [0.25, 0.3) is 5.91 Å². The summed E-state index contributed by atoms with van der Waals surface area (Å²) in [5.74, 6) is 0.0833. The number of rotatable bonds is 6. The van der Waals surface area contributed by atoms with E-state index < -0.39 is 26.6 Å². The number of halogens is 1. The molecule has 31 heavy (non-hydrogen) atoms. The van der Waals surface area contributed by atoms with Crippen molar-refractivity contribution in [1.29, 1.82) is 0 Å². The summed E-state index contributed by atoms with van der Waals surface area (Å²) >= 11 is 0. The molecule has 4 rings (SSSR count). The number of piperidine rings is 1. The predicted molar refractivity (Wildman–Crippen MR) is 112 cm³/mol. The minimum Gasteiger partial charge on any atom is -0.486 e. The molecule has 7 nitrogen and oxygen atoms in total. The van der Waals surface area contributed by atoms with Crippen molar-refractivity contribution in [3.63, 3.8) is 0 Å². The molecule has 2 aliphatic rings. The van der Waals surface area contributed by atoms with Gasteiger partial charge in [0, 0.05) is 25.2 Å². The highest BCUT2D eigenvalue weighted by atomic mass is 32.2. The van der Waals surface area contributed by atoms with Crippen LogP contribution in [0, 0.1) is 5.82 Å². The maximum Gasteiger partial charge on any atom is 0.251 e. The van der Waals surface area contributed by atoms with Crippen LogP contribution in [0.25, 0.3) is 0 Å². The zero-order valence-corrected chi connectivity index (χ0v) is 17.9. The van der Waals surface area contributed by atoms with Crippen LogP contribution in [0.3, 0.4) is 0 Å². The first-order valence-corrected chi connectivity index (χ1v) is 11.9. The molecule has 0 spiro atoms. The molecular weight excluding hydrogens is 423 g/mol. The molecular formula is C22H25FN2O5S. The van der Waals surface area contributed by atoms with E-state index in [4.69, 9.17) is 9.47 Å². The van der Waals surface area contributed by atoms with Crippen molar-refractivity contribution >= 4 is 15.9 Å². The lowest BCUT2D eigenvalue weighted by molar-refractivity contribution is 0.0954.